The molecule has 7 heteroatoms. The number of anilines is 1. The molecule has 31 heavy (non-hydrogen) atoms. The minimum absolute atomic E-state index is 0.412. The highest BCUT2D eigenvalue weighted by molar-refractivity contribution is 7.92. The van der Waals surface area contributed by atoms with E-state index in [1.807, 2.05) is 13.8 Å². The molecule has 6 nitrogen and oxygen atoms in total. The molecule has 0 aliphatic heterocycles. The van der Waals surface area contributed by atoms with Crippen LogP contribution in [0.25, 0.3) is 0 Å². The van der Waals surface area contributed by atoms with Gasteiger partial charge in [-0.2, -0.15) is 0 Å². The molecule has 0 radical (unpaired) electrons. The topological polar surface area (TPSA) is 87.3 Å². The van der Waals surface area contributed by atoms with Crippen molar-refractivity contribution in [2.45, 2.75) is 96.1 Å². The first kappa shape index (κ1) is 22.3. The summed E-state index contributed by atoms with van der Waals surface area (Å²) in [6.45, 7) is 3.93. The quantitative estimate of drug-likeness (QED) is 0.608. The molecule has 1 aromatic carbocycles. The Morgan fingerprint density at radius 2 is 1.58 bits per heavy atom. The van der Waals surface area contributed by atoms with Crippen LogP contribution >= 0.6 is 0 Å². The molecule has 0 aromatic heterocycles. The molecule has 0 spiro atoms. The summed E-state index contributed by atoms with van der Waals surface area (Å²) in [5, 5.41) is 7.53. The van der Waals surface area contributed by atoms with Crippen LogP contribution in [0.3, 0.4) is 0 Å². The molecule has 1 saturated carbocycles. The highest BCUT2D eigenvalue weighted by atomic mass is 32.2. The third kappa shape index (κ3) is 5.50. The van der Waals surface area contributed by atoms with E-state index in [-0.39, 0.29) is 0 Å². The number of hydrogen-bond donors (Lipinski definition) is 3. The van der Waals surface area contributed by atoms with E-state index in [0.29, 0.717) is 6.04 Å². The predicted octanol–water partition coefficient (Wildman–Crippen LogP) is 4.33. The van der Waals surface area contributed by atoms with Gasteiger partial charge in [0, 0.05) is 22.7 Å². The highest BCUT2D eigenvalue weighted by Crippen LogP contribution is 2.38. The summed E-state index contributed by atoms with van der Waals surface area (Å²) < 4.78 is 27.3. The van der Waals surface area contributed by atoms with Gasteiger partial charge in [-0.25, -0.2) is 17.9 Å². The van der Waals surface area contributed by atoms with E-state index in [0.717, 1.165) is 62.5 Å². The Kier molecular flexibility index (Phi) is 6.44. The van der Waals surface area contributed by atoms with E-state index in [4.69, 9.17) is 0 Å². The first-order valence-corrected chi connectivity index (χ1v) is 13.2. The Morgan fingerprint density at radius 3 is 2.19 bits per heavy atom. The summed E-state index contributed by atoms with van der Waals surface area (Å²) in [5.41, 5.74) is 5.35. The minimum Gasteiger partial charge on any atom is -0.307 e. The summed E-state index contributed by atoms with van der Waals surface area (Å²) >= 11 is 0. The number of hydrogen-bond acceptors (Lipinski definition) is 4. The van der Waals surface area contributed by atoms with Gasteiger partial charge in [0.25, 0.3) is 10.0 Å². The smallest absolute Gasteiger partial charge is 0.307 e. The van der Waals surface area contributed by atoms with Crippen LogP contribution < -0.4 is 15.4 Å². The number of sulfonamides is 1. The van der Waals surface area contributed by atoms with Crippen molar-refractivity contribution < 1.29 is 13.2 Å². The maximum absolute atomic E-state index is 12.6. The molecule has 3 aliphatic carbocycles. The first-order chi connectivity index (χ1) is 14.7. The average Bonchev–Trinajstić information content (AvgIpc) is 3.36. The second-order valence-electron chi connectivity index (χ2n) is 9.84. The van der Waals surface area contributed by atoms with Crippen LogP contribution in [0.15, 0.2) is 17.6 Å². The second-order valence-corrected chi connectivity index (χ2v) is 11.4. The van der Waals surface area contributed by atoms with Gasteiger partial charge in [0.15, 0.2) is 0 Å². The molecular weight excluding hydrogens is 410 g/mol. The monoisotopic (exact) mass is 445 g/mol. The molecular formula is C24H35N3O3S. The molecule has 3 N–H and O–H groups in total. The number of urea groups is 1. The van der Waals surface area contributed by atoms with Crippen LogP contribution in [0.5, 0.6) is 0 Å². The van der Waals surface area contributed by atoms with Crippen LogP contribution in [0.1, 0.15) is 81.0 Å². The van der Waals surface area contributed by atoms with Crippen molar-refractivity contribution in [3.05, 3.63) is 39.8 Å². The number of aryl methyl sites for hydroxylation is 2. The van der Waals surface area contributed by atoms with Gasteiger partial charge in [-0.3, -0.25) is 0 Å². The van der Waals surface area contributed by atoms with Crippen molar-refractivity contribution in [2.24, 2.45) is 0 Å². The molecule has 0 heterocycles. The van der Waals surface area contributed by atoms with E-state index in [1.54, 1.807) is 6.08 Å². The van der Waals surface area contributed by atoms with E-state index in [9.17, 15) is 13.2 Å². The summed E-state index contributed by atoms with van der Waals surface area (Å²) in [5.74, 6) is 0. The van der Waals surface area contributed by atoms with Gasteiger partial charge in [0.2, 0.25) is 0 Å². The number of carbonyl (C=O) groups is 1. The number of nitrogens with one attached hydrogen (secondary N) is 3. The normalized spacial score (nSPS) is 19.4. The molecule has 0 atom stereocenters. The van der Waals surface area contributed by atoms with Crippen molar-refractivity contribution in [3.63, 3.8) is 0 Å². The van der Waals surface area contributed by atoms with Crippen LogP contribution in [0.2, 0.25) is 0 Å². The Hall–Kier alpha value is -1.86. The number of rotatable bonds is 6. The Balaban J connectivity index is 1.41. The van der Waals surface area contributed by atoms with E-state index in [1.165, 1.54) is 41.5 Å². The molecule has 0 bridgehead atoms. The third-order valence-corrected chi connectivity index (χ3v) is 7.76. The Bertz CT molecular complexity index is 944. The SMILES string of the molecule is CC(C)(/C=C/S(=O)(=O)NC(=O)Nc1c2c(cc3c1CCC3)CCC2)NC1CCCCC1. The summed E-state index contributed by atoms with van der Waals surface area (Å²) in [4.78, 5) is 12.6. The van der Waals surface area contributed by atoms with Gasteiger partial charge in [-0.15, -0.1) is 0 Å². The van der Waals surface area contributed by atoms with Crippen LogP contribution in [0.4, 0.5) is 10.5 Å². The maximum Gasteiger partial charge on any atom is 0.333 e. The van der Waals surface area contributed by atoms with Gasteiger partial charge < -0.3 is 10.6 Å². The van der Waals surface area contributed by atoms with Crippen molar-refractivity contribution in [3.8, 4) is 0 Å². The van der Waals surface area contributed by atoms with Gasteiger partial charge in [0.05, 0.1) is 0 Å². The first-order valence-electron chi connectivity index (χ1n) is 11.7. The molecule has 1 aromatic rings. The average molecular weight is 446 g/mol. The van der Waals surface area contributed by atoms with Crippen molar-refractivity contribution in [1.82, 2.24) is 10.0 Å². The Morgan fingerprint density at radius 1 is 0.968 bits per heavy atom. The summed E-state index contributed by atoms with van der Waals surface area (Å²) in [6, 6.07) is 2.01. The fraction of sp³-hybridized carbons (Fsp3) is 0.625. The third-order valence-electron chi connectivity index (χ3n) is 6.79. The zero-order valence-corrected chi connectivity index (χ0v) is 19.5. The van der Waals surface area contributed by atoms with Crippen LogP contribution in [-0.4, -0.2) is 26.0 Å². The predicted molar refractivity (Wildman–Crippen MR) is 125 cm³/mol. The van der Waals surface area contributed by atoms with E-state index >= 15 is 0 Å². The fourth-order valence-electron chi connectivity index (χ4n) is 5.35. The number of amides is 2. The molecule has 2 amide bonds. The largest absolute Gasteiger partial charge is 0.333 e. The zero-order chi connectivity index (χ0) is 22.1. The standard InChI is InChI=1S/C24H35N3O3S/c1-24(2,26-19-10-4-3-5-11-19)14-15-31(29,30)27-23(28)25-22-20-12-6-8-17(20)16-18-9-7-13-21(18)22/h14-16,19,26H,3-13H2,1-2H3,(H2,25,27,28)/b15-14+. The molecule has 1 fully saturated rings. The number of benzene rings is 1. The molecule has 170 valence electrons. The number of fused-ring (bicyclic) bond motifs is 2. The lowest BCUT2D eigenvalue weighted by molar-refractivity contribution is 0.256. The van der Waals surface area contributed by atoms with Crippen LogP contribution in [0, 0.1) is 0 Å². The van der Waals surface area contributed by atoms with Gasteiger partial charge >= 0.3 is 6.03 Å². The van der Waals surface area contributed by atoms with Crippen molar-refractivity contribution >= 4 is 21.7 Å². The molecule has 0 unspecified atom stereocenters. The second kappa shape index (κ2) is 8.94. The molecule has 3 aliphatic rings. The molecule has 0 saturated heterocycles. The minimum atomic E-state index is -3.89. The lowest BCUT2D eigenvalue weighted by atomic mass is 9.93. The van der Waals surface area contributed by atoms with E-state index in [2.05, 4.69) is 21.4 Å². The van der Waals surface area contributed by atoms with Gasteiger partial charge in [0.1, 0.15) is 0 Å². The summed E-state index contributed by atoms with van der Waals surface area (Å²) in [7, 11) is -3.89. The van der Waals surface area contributed by atoms with Gasteiger partial charge in [-0.1, -0.05) is 31.4 Å². The molecule has 4 rings (SSSR count). The van der Waals surface area contributed by atoms with Crippen molar-refractivity contribution in [1.29, 1.82) is 0 Å². The summed E-state index contributed by atoms with van der Waals surface area (Å²) in [6.07, 6.45) is 13.7. The van der Waals surface area contributed by atoms with Crippen molar-refractivity contribution in [2.75, 3.05) is 5.32 Å². The number of carbonyl (C=O) groups excluding carboxylic acids is 1. The highest BCUT2D eigenvalue weighted by Gasteiger charge is 2.26. The van der Waals surface area contributed by atoms with Gasteiger partial charge in [-0.05, 0) is 87.5 Å². The Labute approximate surface area is 186 Å². The lowest BCUT2D eigenvalue weighted by Crippen LogP contribution is -2.45. The van der Waals surface area contributed by atoms with E-state index < -0.39 is 21.6 Å². The fourth-order valence-corrected chi connectivity index (χ4v) is 6.25. The van der Waals surface area contributed by atoms with Crippen LogP contribution in [-0.2, 0) is 35.7 Å². The lowest BCUT2D eigenvalue weighted by Gasteiger charge is -2.31. The zero-order valence-electron chi connectivity index (χ0n) is 18.7. The maximum atomic E-state index is 12.6.